The van der Waals surface area contributed by atoms with E-state index >= 15 is 0 Å². The molecule has 4 nitrogen and oxygen atoms in total. The third kappa shape index (κ3) is 1.48. The summed E-state index contributed by atoms with van der Waals surface area (Å²) in [5, 5.41) is 8.85. The first-order chi connectivity index (χ1) is 7.24. The number of carbonyl (C=O) groups is 2. The van der Waals surface area contributed by atoms with Crippen molar-refractivity contribution in [2.45, 2.75) is 12.8 Å². The fourth-order valence-electron chi connectivity index (χ4n) is 1.61. The van der Waals surface area contributed by atoms with Crippen LogP contribution >= 0.6 is 0 Å². The summed E-state index contributed by atoms with van der Waals surface area (Å²) in [7, 11) is 0. The first-order valence-corrected chi connectivity index (χ1v) is 4.59. The maximum Gasteiger partial charge on any atom is 0.234 e. The van der Waals surface area contributed by atoms with Crippen molar-refractivity contribution in [3.63, 3.8) is 0 Å². The lowest BCUT2D eigenvalue weighted by Gasteiger charge is -2.14. The van der Waals surface area contributed by atoms with Crippen LogP contribution in [-0.4, -0.2) is 11.8 Å². The summed E-state index contributed by atoms with van der Waals surface area (Å²) in [4.78, 5) is 24.0. The first kappa shape index (κ1) is 9.41. The van der Waals surface area contributed by atoms with E-state index in [9.17, 15) is 9.59 Å². The van der Waals surface area contributed by atoms with Crippen molar-refractivity contribution < 1.29 is 9.59 Å². The van der Waals surface area contributed by atoms with Crippen molar-refractivity contribution in [3.05, 3.63) is 29.8 Å². The van der Waals surface area contributed by atoms with Gasteiger partial charge in [-0.3, -0.25) is 9.59 Å². The predicted octanol–water partition coefficient (Wildman–Crippen LogP) is 1.21. The second-order valence-electron chi connectivity index (χ2n) is 3.25. The highest BCUT2D eigenvalue weighted by atomic mass is 16.2. The minimum atomic E-state index is -0.234. The van der Waals surface area contributed by atoms with E-state index < -0.39 is 0 Å². The molecule has 1 saturated heterocycles. The van der Waals surface area contributed by atoms with Gasteiger partial charge in [-0.1, -0.05) is 12.1 Å². The number of nitrogens with zero attached hydrogens (tertiary/aromatic N) is 2. The molecule has 0 N–H and O–H groups in total. The Balaban J connectivity index is 2.50. The highest BCUT2D eigenvalue weighted by Crippen LogP contribution is 2.25. The van der Waals surface area contributed by atoms with Crippen LogP contribution in [0.1, 0.15) is 18.4 Å². The summed E-state index contributed by atoms with van der Waals surface area (Å²) in [6.07, 6.45) is 0.469. The zero-order valence-electron chi connectivity index (χ0n) is 7.93. The molecule has 0 aliphatic carbocycles. The van der Waals surface area contributed by atoms with Gasteiger partial charge in [-0.25, -0.2) is 4.90 Å². The van der Waals surface area contributed by atoms with Crippen LogP contribution in [0.3, 0.4) is 0 Å². The number of carbonyl (C=O) groups excluding carboxylic acids is 2. The number of benzene rings is 1. The van der Waals surface area contributed by atoms with Gasteiger partial charge in [-0.2, -0.15) is 5.26 Å². The summed E-state index contributed by atoms with van der Waals surface area (Å²) < 4.78 is 0. The van der Waals surface area contributed by atoms with Crippen LogP contribution in [0.4, 0.5) is 5.69 Å². The van der Waals surface area contributed by atoms with Crippen molar-refractivity contribution in [2.24, 2.45) is 0 Å². The first-order valence-electron chi connectivity index (χ1n) is 4.59. The van der Waals surface area contributed by atoms with Gasteiger partial charge in [0.15, 0.2) is 0 Å². The number of anilines is 1. The van der Waals surface area contributed by atoms with Gasteiger partial charge in [0, 0.05) is 12.8 Å². The van der Waals surface area contributed by atoms with Crippen molar-refractivity contribution in [2.75, 3.05) is 4.90 Å². The molecule has 2 rings (SSSR count). The average Bonchev–Trinajstić information content (AvgIpc) is 2.59. The number of amides is 2. The van der Waals surface area contributed by atoms with E-state index in [1.165, 1.54) is 0 Å². The van der Waals surface area contributed by atoms with Crippen LogP contribution in [0.2, 0.25) is 0 Å². The topological polar surface area (TPSA) is 61.2 Å². The van der Waals surface area contributed by atoms with Gasteiger partial charge in [-0.15, -0.1) is 0 Å². The minimum Gasteiger partial charge on any atom is -0.274 e. The summed E-state index contributed by atoms with van der Waals surface area (Å²) in [6, 6.07) is 8.57. The van der Waals surface area contributed by atoms with Gasteiger partial charge in [0.05, 0.1) is 11.3 Å². The zero-order chi connectivity index (χ0) is 10.8. The Bertz CT molecular complexity index is 458. The van der Waals surface area contributed by atoms with Crippen molar-refractivity contribution in [1.82, 2.24) is 0 Å². The van der Waals surface area contributed by atoms with Crippen LogP contribution in [-0.2, 0) is 9.59 Å². The molecule has 0 saturated carbocycles. The van der Waals surface area contributed by atoms with Gasteiger partial charge in [0.1, 0.15) is 6.07 Å². The molecular weight excluding hydrogens is 192 g/mol. The van der Waals surface area contributed by atoms with Crippen LogP contribution in [0, 0.1) is 11.3 Å². The summed E-state index contributed by atoms with van der Waals surface area (Å²) in [5.41, 5.74) is 0.744. The summed E-state index contributed by atoms with van der Waals surface area (Å²) in [5.74, 6) is -0.467. The predicted molar refractivity (Wildman–Crippen MR) is 52.9 cm³/mol. The Morgan fingerprint density at radius 3 is 2.33 bits per heavy atom. The van der Waals surface area contributed by atoms with Crippen LogP contribution in [0.5, 0.6) is 0 Å². The Morgan fingerprint density at radius 1 is 1.13 bits per heavy atom. The van der Waals surface area contributed by atoms with Gasteiger partial charge < -0.3 is 0 Å². The molecule has 2 amide bonds. The van der Waals surface area contributed by atoms with Crippen LogP contribution in [0.15, 0.2) is 24.3 Å². The Kier molecular flexibility index (Phi) is 2.22. The van der Waals surface area contributed by atoms with E-state index in [4.69, 9.17) is 5.26 Å². The molecule has 1 aromatic rings. The molecule has 0 unspecified atom stereocenters. The molecule has 1 fully saturated rings. The van der Waals surface area contributed by atoms with Gasteiger partial charge >= 0.3 is 0 Å². The molecule has 0 bridgehead atoms. The summed E-state index contributed by atoms with van der Waals surface area (Å²) >= 11 is 0. The van der Waals surface area contributed by atoms with Gasteiger partial charge in [0.25, 0.3) is 0 Å². The fourth-order valence-corrected chi connectivity index (χ4v) is 1.61. The SMILES string of the molecule is N#Cc1ccccc1N1C(=O)CCC1=O. The number of nitriles is 1. The molecular formula is C11H8N2O2. The van der Waals surface area contributed by atoms with E-state index in [1.54, 1.807) is 24.3 Å². The second kappa shape index (κ2) is 3.54. The number of rotatable bonds is 1. The van der Waals surface area contributed by atoms with Crippen molar-refractivity contribution >= 4 is 17.5 Å². The lowest BCUT2D eigenvalue weighted by atomic mass is 10.2. The third-order valence-corrected chi connectivity index (χ3v) is 2.32. The van der Waals surface area contributed by atoms with Crippen molar-refractivity contribution in [1.29, 1.82) is 5.26 Å². The fraction of sp³-hybridized carbons (Fsp3) is 0.182. The third-order valence-electron chi connectivity index (χ3n) is 2.32. The maximum absolute atomic E-state index is 11.4. The molecule has 0 radical (unpaired) electrons. The monoisotopic (exact) mass is 200 g/mol. The molecule has 4 heteroatoms. The van der Waals surface area contributed by atoms with E-state index in [2.05, 4.69) is 0 Å². The minimum absolute atomic E-state index is 0.234. The normalized spacial score (nSPS) is 15.5. The molecule has 1 heterocycles. The van der Waals surface area contributed by atoms with Crippen LogP contribution in [0.25, 0.3) is 0 Å². The second-order valence-corrected chi connectivity index (χ2v) is 3.25. The van der Waals surface area contributed by atoms with Gasteiger partial charge in [-0.05, 0) is 12.1 Å². The molecule has 0 spiro atoms. The number of para-hydroxylation sites is 1. The molecule has 0 aromatic heterocycles. The largest absolute Gasteiger partial charge is 0.274 e. The Labute approximate surface area is 86.7 Å². The Hall–Kier alpha value is -2.15. The highest BCUT2D eigenvalue weighted by Gasteiger charge is 2.31. The Morgan fingerprint density at radius 2 is 1.73 bits per heavy atom. The quantitative estimate of drug-likeness (QED) is 0.640. The summed E-state index contributed by atoms with van der Waals surface area (Å²) in [6.45, 7) is 0. The molecule has 1 aliphatic rings. The van der Waals surface area contributed by atoms with E-state index in [-0.39, 0.29) is 24.7 Å². The molecule has 1 aliphatic heterocycles. The number of imide groups is 1. The van der Waals surface area contributed by atoms with Gasteiger partial charge in [0.2, 0.25) is 11.8 Å². The van der Waals surface area contributed by atoms with Crippen LogP contribution < -0.4 is 4.90 Å². The molecule has 0 atom stereocenters. The number of hydrogen-bond acceptors (Lipinski definition) is 3. The van der Waals surface area contributed by atoms with Crippen molar-refractivity contribution in [3.8, 4) is 6.07 Å². The molecule has 15 heavy (non-hydrogen) atoms. The number of hydrogen-bond donors (Lipinski definition) is 0. The lowest BCUT2D eigenvalue weighted by Crippen LogP contribution is -2.29. The van der Waals surface area contributed by atoms with E-state index in [0.717, 1.165) is 4.90 Å². The molecule has 1 aromatic carbocycles. The average molecular weight is 200 g/mol. The zero-order valence-corrected chi connectivity index (χ0v) is 7.93. The molecule has 74 valence electrons. The van der Waals surface area contributed by atoms with E-state index in [0.29, 0.717) is 11.3 Å². The highest BCUT2D eigenvalue weighted by molar-refractivity contribution is 6.20. The lowest BCUT2D eigenvalue weighted by molar-refractivity contribution is -0.121. The smallest absolute Gasteiger partial charge is 0.234 e. The van der Waals surface area contributed by atoms with E-state index in [1.807, 2.05) is 6.07 Å². The standard InChI is InChI=1S/C11H8N2O2/c12-7-8-3-1-2-4-9(8)13-10(14)5-6-11(13)15/h1-4H,5-6H2. The maximum atomic E-state index is 11.4.